The molecule has 2 aromatic carbocycles. The molecule has 2 nitrogen and oxygen atoms in total. The van der Waals surface area contributed by atoms with E-state index >= 15 is 0 Å². The molecule has 2 rings (SSSR count). The van der Waals surface area contributed by atoms with E-state index in [2.05, 4.69) is 0 Å². The minimum absolute atomic E-state index is 0.179. The molecule has 0 aliphatic heterocycles. The molecule has 0 unspecified atom stereocenters. The highest BCUT2D eigenvalue weighted by Gasteiger charge is 2.08. The second kappa shape index (κ2) is 5.59. The van der Waals surface area contributed by atoms with Gasteiger partial charge >= 0.3 is 0 Å². The molecule has 0 heterocycles. The monoisotopic (exact) mass is 279 g/mol. The van der Waals surface area contributed by atoms with Crippen molar-refractivity contribution in [3.63, 3.8) is 0 Å². The number of rotatable bonds is 3. The fourth-order valence-corrected chi connectivity index (χ4v) is 1.96. The maximum atomic E-state index is 13.8. The van der Waals surface area contributed by atoms with Crippen molar-refractivity contribution in [2.45, 2.75) is 20.4 Å². The predicted molar refractivity (Wildman–Crippen MR) is 75.3 cm³/mol. The van der Waals surface area contributed by atoms with E-state index in [0.29, 0.717) is 17.3 Å². The van der Waals surface area contributed by atoms with Crippen LogP contribution in [0.4, 0.5) is 4.39 Å². The molecule has 4 heteroatoms. The molecular formula is C15H15ClFNO. The molecule has 0 aliphatic carbocycles. The average Bonchev–Trinajstić information content (AvgIpc) is 2.38. The van der Waals surface area contributed by atoms with Crippen molar-refractivity contribution >= 4 is 11.6 Å². The van der Waals surface area contributed by atoms with Gasteiger partial charge in [-0.3, -0.25) is 0 Å². The number of hydrogen-bond acceptors (Lipinski definition) is 2. The summed E-state index contributed by atoms with van der Waals surface area (Å²) in [6.07, 6.45) is 0. The summed E-state index contributed by atoms with van der Waals surface area (Å²) in [6, 6.07) is 8.27. The maximum Gasteiger partial charge on any atom is 0.166 e. The molecule has 0 atom stereocenters. The average molecular weight is 280 g/mol. The van der Waals surface area contributed by atoms with Gasteiger partial charge in [0.15, 0.2) is 11.6 Å². The number of benzene rings is 2. The predicted octanol–water partition coefficient (Wildman–Crippen LogP) is 4.35. The highest BCUT2D eigenvalue weighted by Crippen LogP contribution is 2.30. The van der Waals surface area contributed by atoms with E-state index in [4.69, 9.17) is 22.1 Å². The molecule has 0 amide bonds. The Bertz CT molecular complexity index is 590. The molecule has 0 aliphatic rings. The van der Waals surface area contributed by atoms with Crippen LogP contribution < -0.4 is 10.5 Å². The van der Waals surface area contributed by atoms with E-state index < -0.39 is 5.82 Å². The maximum absolute atomic E-state index is 13.8. The molecule has 0 fully saturated rings. The summed E-state index contributed by atoms with van der Waals surface area (Å²) >= 11 is 6.08. The third-order valence-corrected chi connectivity index (χ3v) is 3.47. The van der Waals surface area contributed by atoms with Gasteiger partial charge in [0.2, 0.25) is 0 Å². The molecule has 0 saturated heterocycles. The van der Waals surface area contributed by atoms with Crippen LogP contribution in [0.25, 0.3) is 0 Å². The van der Waals surface area contributed by atoms with Gasteiger partial charge in [-0.2, -0.15) is 0 Å². The van der Waals surface area contributed by atoms with Gasteiger partial charge in [-0.15, -0.1) is 0 Å². The standard InChI is InChI=1S/C15H15ClFNO/c1-9-5-12(6-10(2)15(9)16)19-14-4-3-11(8-18)7-13(14)17/h3-7H,8,18H2,1-2H3. The molecule has 2 N–H and O–H groups in total. The Morgan fingerprint density at radius 3 is 2.32 bits per heavy atom. The van der Waals surface area contributed by atoms with Crippen molar-refractivity contribution in [3.8, 4) is 11.5 Å². The first-order valence-corrected chi connectivity index (χ1v) is 6.32. The van der Waals surface area contributed by atoms with E-state index in [-0.39, 0.29) is 5.75 Å². The zero-order valence-corrected chi connectivity index (χ0v) is 11.6. The fourth-order valence-electron chi connectivity index (χ4n) is 1.85. The smallest absolute Gasteiger partial charge is 0.166 e. The number of halogens is 2. The number of aryl methyl sites for hydroxylation is 2. The van der Waals surface area contributed by atoms with Crippen LogP contribution in [0, 0.1) is 19.7 Å². The largest absolute Gasteiger partial charge is 0.454 e. The third-order valence-electron chi connectivity index (χ3n) is 2.87. The molecule has 0 bridgehead atoms. The van der Waals surface area contributed by atoms with E-state index in [0.717, 1.165) is 16.7 Å². The topological polar surface area (TPSA) is 35.2 Å². The normalized spacial score (nSPS) is 10.6. The van der Waals surface area contributed by atoms with Gasteiger partial charge in [0.1, 0.15) is 5.75 Å². The van der Waals surface area contributed by atoms with Gasteiger partial charge in [0, 0.05) is 11.6 Å². The summed E-state index contributed by atoms with van der Waals surface area (Å²) in [6.45, 7) is 4.07. The van der Waals surface area contributed by atoms with Gasteiger partial charge in [0.05, 0.1) is 0 Å². The van der Waals surface area contributed by atoms with Crippen LogP contribution in [0.3, 0.4) is 0 Å². The lowest BCUT2D eigenvalue weighted by Gasteiger charge is -2.11. The minimum atomic E-state index is -0.423. The van der Waals surface area contributed by atoms with Crippen LogP contribution in [0.5, 0.6) is 11.5 Å². The molecule has 19 heavy (non-hydrogen) atoms. The Balaban J connectivity index is 2.31. The third kappa shape index (κ3) is 3.06. The van der Waals surface area contributed by atoms with Crippen molar-refractivity contribution < 1.29 is 9.13 Å². The van der Waals surface area contributed by atoms with Crippen LogP contribution in [0.2, 0.25) is 5.02 Å². The Labute approximate surface area is 117 Å². The van der Waals surface area contributed by atoms with Gasteiger partial charge in [-0.05, 0) is 54.8 Å². The zero-order valence-electron chi connectivity index (χ0n) is 10.8. The van der Waals surface area contributed by atoms with E-state index in [1.807, 2.05) is 13.8 Å². The Hall–Kier alpha value is -1.58. The Kier molecular flexibility index (Phi) is 4.08. The highest BCUT2D eigenvalue weighted by molar-refractivity contribution is 6.32. The van der Waals surface area contributed by atoms with Gasteiger partial charge in [-0.25, -0.2) is 4.39 Å². The van der Waals surface area contributed by atoms with Crippen molar-refractivity contribution in [3.05, 3.63) is 57.9 Å². The van der Waals surface area contributed by atoms with Crippen molar-refractivity contribution in [1.29, 1.82) is 0 Å². The Morgan fingerprint density at radius 2 is 1.79 bits per heavy atom. The summed E-state index contributed by atoms with van der Waals surface area (Å²) in [7, 11) is 0. The molecule has 100 valence electrons. The molecule has 0 radical (unpaired) electrons. The van der Waals surface area contributed by atoms with Crippen molar-refractivity contribution in [2.24, 2.45) is 5.73 Å². The first kappa shape index (κ1) is 13.8. The van der Waals surface area contributed by atoms with Crippen LogP contribution >= 0.6 is 11.6 Å². The quantitative estimate of drug-likeness (QED) is 0.907. The first-order chi connectivity index (χ1) is 9.01. The minimum Gasteiger partial charge on any atom is -0.454 e. The lowest BCUT2D eigenvalue weighted by molar-refractivity contribution is 0.441. The first-order valence-electron chi connectivity index (χ1n) is 5.94. The summed E-state index contributed by atoms with van der Waals surface area (Å²) in [5.41, 5.74) is 7.98. The van der Waals surface area contributed by atoms with E-state index in [9.17, 15) is 4.39 Å². The van der Waals surface area contributed by atoms with Crippen LogP contribution in [0.1, 0.15) is 16.7 Å². The Morgan fingerprint density at radius 1 is 1.16 bits per heavy atom. The summed E-state index contributed by atoms with van der Waals surface area (Å²) in [5, 5.41) is 0.700. The van der Waals surface area contributed by atoms with Crippen LogP contribution in [-0.4, -0.2) is 0 Å². The summed E-state index contributed by atoms with van der Waals surface area (Å²) in [5.74, 6) is 0.324. The molecular weight excluding hydrogens is 265 g/mol. The van der Waals surface area contributed by atoms with Crippen LogP contribution in [-0.2, 0) is 6.54 Å². The number of nitrogens with two attached hydrogens (primary N) is 1. The highest BCUT2D eigenvalue weighted by atomic mass is 35.5. The second-order valence-electron chi connectivity index (χ2n) is 4.44. The van der Waals surface area contributed by atoms with E-state index in [1.165, 1.54) is 6.07 Å². The summed E-state index contributed by atoms with van der Waals surface area (Å²) < 4.78 is 19.3. The second-order valence-corrected chi connectivity index (χ2v) is 4.82. The van der Waals surface area contributed by atoms with E-state index in [1.54, 1.807) is 24.3 Å². The zero-order chi connectivity index (χ0) is 14.0. The lowest BCUT2D eigenvalue weighted by Crippen LogP contribution is -1.98. The molecule has 2 aromatic rings. The van der Waals surface area contributed by atoms with Crippen molar-refractivity contribution in [1.82, 2.24) is 0 Å². The van der Waals surface area contributed by atoms with Crippen molar-refractivity contribution in [2.75, 3.05) is 0 Å². The molecule has 0 aromatic heterocycles. The van der Waals surface area contributed by atoms with Crippen LogP contribution in [0.15, 0.2) is 30.3 Å². The van der Waals surface area contributed by atoms with Gasteiger partial charge < -0.3 is 10.5 Å². The number of hydrogen-bond donors (Lipinski definition) is 1. The molecule has 0 spiro atoms. The molecule has 0 saturated carbocycles. The SMILES string of the molecule is Cc1cc(Oc2ccc(CN)cc2F)cc(C)c1Cl. The fraction of sp³-hybridized carbons (Fsp3) is 0.200. The number of ether oxygens (including phenoxy) is 1. The van der Waals surface area contributed by atoms with Gasteiger partial charge in [0.25, 0.3) is 0 Å². The van der Waals surface area contributed by atoms with Gasteiger partial charge in [-0.1, -0.05) is 17.7 Å². The lowest BCUT2D eigenvalue weighted by atomic mass is 10.1. The summed E-state index contributed by atoms with van der Waals surface area (Å²) in [4.78, 5) is 0.